The van der Waals surface area contributed by atoms with Gasteiger partial charge in [-0.3, -0.25) is 4.90 Å². The molecule has 0 aliphatic carbocycles. The van der Waals surface area contributed by atoms with Gasteiger partial charge in [0, 0.05) is 11.7 Å². The fourth-order valence-electron chi connectivity index (χ4n) is 2.61. The molecule has 20 heavy (non-hydrogen) atoms. The van der Waals surface area contributed by atoms with Crippen LogP contribution in [0.25, 0.3) is 0 Å². The van der Waals surface area contributed by atoms with Crippen molar-refractivity contribution in [2.24, 2.45) is 0 Å². The van der Waals surface area contributed by atoms with E-state index in [1.165, 1.54) is 5.56 Å². The molecule has 0 radical (unpaired) electrons. The SMILES string of the molecule is C[C@H]1Cc2ccccc2N1C(=O)Nc1ccccc1Cl. The second kappa shape index (κ2) is 5.17. The molecule has 0 aromatic heterocycles. The fourth-order valence-corrected chi connectivity index (χ4v) is 2.80. The molecule has 0 fully saturated rings. The van der Waals surface area contributed by atoms with E-state index in [1.807, 2.05) is 37.3 Å². The van der Waals surface area contributed by atoms with E-state index in [4.69, 9.17) is 11.6 Å². The molecule has 2 aromatic rings. The number of urea groups is 1. The van der Waals surface area contributed by atoms with Crippen molar-refractivity contribution in [3.8, 4) is 0 Å². The van der Waals surface area contributed by atoms with E-state index >= 15 is 0 Å². The van der Waals surface area contributed by atoms with Crippen LogP contribution < -0.4 is 10.2 Å². The van der Waals surface area contributed by atoms with Gasteiger partial charge in [-0.15, -0.1) is 0 Å². The first-order valence-electron chi connectivity index (χ1n) is 6.59. The number of nitrogens with one attached hydrogen (secondary N) is 1. The van der Waals surface area contributed by atoms with E-state index in [9.17, 15) is 4.79 Å². The van der Waals surface area contributed by atoms with Crippen LogP contribution in [0.15, 0.2) is 48.5 Å². The standard InChI is InChI=1S/C16H15ClN2O/c1-11-10-12-6-2-5-9-15(12)19(11)16(20)18-14-8-4-3-7-13(14)17/h2-9,11H,10H2,1H3,(H,18,20)/t11-/m0/s1. The summed E-state index contributed by atoms with van der Waals surface area (Å²) in [5, 5.41) is 3.42. The van der Waals surface area contributed by atoms with Crippen molar-refractivity contribution in [3.63, 3.8) is 0 Å². The summed E-state index contributed by atoms with van der Waals surface area (Å²) in [5.74, 6) is 0. The van der Waals surface area contributed by atoms with E-state index in [0.29, 0.717) is 10.7 Å². The third-order valence-corrected chi connectivity index (χ3v) is 3.87. The molecular weight excluding hydrogens is 272 g/mol. The van der Waals surface area contributed by atoms with Gasteiger partial charge in [0.2, 0.25) is 0 Å². The second-order valence-electron chi connectivity index (χ2n) is 4.96. The average Bonchev–Trinajstić information content (AvgIpc) is 2.77. The molecule has 0 saturated heterocycles. The first kappa shape index (κ1) is 13.0. The number of rotatable bonds is 1. The Hall–Kier alpha value is -2.00. The largest absolute Gasteiger partial charge is 0.326 e. The van der Waals surface area contributed by atoms with Gasteiger partial charge >= 0.3 is 6.03 Å². The molecule has 3 nitrogen and oxygen atoms in total. The number of amides is 2. The Morgan fingerprint density at radius 3 is 2.70 bits per heavy atom. The maximum atomic E-state index is 12.5. The molecule has 1 heterocycles. The van der Waals surface area contributed by atoms with E-state index < -0.39 is 0 Å². The molecule has 2 aromatic carbocycles. The highest BCUT2D eigenvalue weighted by Gasteiger charge is 2.30. The number of carbonyl (C=O) groups excluding carboxylic acids is 1. The quantitative estimate of drug-likeness (QED) is 0.832. The number of halogens is 1. The average molecular weight is 287 g/mol. The maximum Gasteiger partial charge on any atom is 0.326 e. The number of anilines is 2. The number of benzene rings is 2. The summed E-state index contributed by atoms with van der Waals surface area (Å²) in [4.78, 5) is 14.3. The highest BCUT2D eigenvalue weighted by molar-refractivity contribution is 6.33. The lowest BCUT2D eigenvalue weighted by molar-refractivity contribution is 0.256. The summed E-state index contributed by atoms with van der Waals surface area (Å²) in [5.41, 5.74) is 2.81. The van der Waals surface area contributed by atoms with Crippen LogP contribution >= 0.6 is 11.6 Å². The summed E-state index contributed by atoms with van der Waals surface area (Å²) < 4.78 is 0. The van der Waals surface area contributed by atoms with Crippen molar-refractivity contribution in [1.29, 1.82) is 0 Å². The van der Waals surface area contributed by atoms with E-state index in [-0.39, 0.29) is 12.1 Å². The first-order valence-corrected chi connectivity index (χ1v) is 6.97. The molecule has 1 atom stereocenters. The predicted octanol–water partition coefficient (Wildman–Crippen LogP) is 4.32. The van der Waals surface area contributed by atoms with Crippen LogP contribution in [0, 0.1) is 0 Å². The molecule has 4 heteroatoms. The zero-order valence-electron chi connectivity index (χ0n) is 11.1. The monoisotopic (exact) mass is 286 g/mol. The normalized spacial score (nSPS) is 16.9. The number of para-hydroxylation sites is 2. The molecule has 0 unspecified atom stereocenters. The van der Waals surface area contributed by atoms with Crippen LogP contribution in [0.1, 0.15) is 12.5 Å². The van der Waals surface area contributed by atoms with Crippen LogP contribution in [0.2, 0.25) is 5.02 Å². The molecule has 1 aliphatic rings. The maximum absolute atomic E-state index is 12.5. The Bertz CT molecular complexity index is 656. The zero-order valence-corrected chi connectivity index (χ0v) is 11.9. The number of hydrogen-bond acceptors (Lipinski definition) is 1. The molecule has 3 rings (SSSR count). The molecule has 102 valence electrons. The summed E-state index contributed by atoms with van der Waals surface area (Å²) >= 11 is 6.08. The summed E-state index contributed by atoms with van der Waals surface area (Å²) in [7, 11) is 0. The lowest BCUT2D eigenvalue weighted by Crippen LogP contribution is -2.39. The molecule has 2 amide bonds. The topological polar surface area (TPSA) is 32.3 Å². The minimum atomic E-state index is -0.143. The lowest BCUT2D eigenvalue weighted by Gasteiger charge is -2.23. The van der Waals surface area contributed by atoms with Crippen LogP contribution in [0.5, 0.6) is 0 Å². The molecular formula is C16H15ClN2O. The van der Waals surface area contributed by atoms with Gasteiger partial charge in [0.25, 0.3) is 0 Å². The fraction of sp³-hybridized carbons (Fsp3) is 0.188. The van der Waals surface area contributed by atoms with Crippen molar-refractivity contribution in [2.45, 2.75) is 19.4 Å². The molecule has 1 aliphatic heterocycles. The smallest absolute Gasteiger partial charge is 0.306 e. The molecule has 1 N–H and O–H groups in total. The summed E-state index contributed by atoms with van der Waals surface area (Å²) in [6.45, 7) is 2.05. The lowest BCUT2D eigenvalue weighted by atomic mass is 10.1. The highest BCUT2D eigenvalue weighted by Crippen LogP contribution is 2.32. The van der Waals surface area contributed by atoms with Crippen molar-refractivity contribution in [3.05, 3.63) is 59.1 Å². The molecule has 0 bridgehead atoms. The Labute approximate surface area is 123 Å². The molecule has 0 saturated carbocycles. The van der Waals surface area contributed by atoms with Gasteiger partial charge in [-0.05, 0) is 37.1 Å². The second-order valence-corrected chi connectivity index (χ2v) is 5.37. The Balaban J connectivity index is 1.86. The van der Waals surface area contributed by atoms with Gasteiger partial charge in [0.15, 0.2) is 0 Å². The van der Waals surface area contributed by atoms with Gasteiger partial charge in [-0.25, -0.2) is 4.79 Å². The van der Waals surface area contributed by atoms with E-state index in [0.717, 1.165) is 12.1 Å². The van der Waals surface area contributed by atoms with E-state index in [1.54, 1.807) is 17.0 Å². The van der Waals surface area contributed by atoms with E-state index in [2.05, 4.69) is 11.4 Å². The van der Waals surface area contributed by atoms with Crippen LogP contribution in [-0.4, -0.2) is 12.1 Å². The highest BCUT2D eigenvalue weighted by atomic mass is 35.5. The Kier molecular flexibility index (Phi) is 3.36. The molecule has 0 spiro atoms. The number of hydrogen-bond donors (Lipinski definition) is 1. The van der Waals surface area contributed by atoms with Crippen molar-refractivity contribution < 1.29 is 4.79 Å². The van der Waals surface area contributed by atoms with Gasteiger partial charge in [0.1, 0.15) is 0 Å². The zero-order chi connectivity index (χ0) is 14.1. The van der Waals surface area contributed by atoms with Gasteiger partial charge in [-0.2, -0.15) is 0 Å². The third kappa shape index (κ3) is 2.25. The Morgan fingerprint density at radius 1 is 1.20 bits per heavy atom. The summed E-state index contributed by atoms with van der Waals surface area (Å²) in [6, 6.07) is 15.2. The predicted molar refractivity (Wildman–Crippen MR) is 82.6 cm³/mol. The minimum Gasteiger partial charge on any atom is -0.306 e. The van der Waals surface area contributed by atoms with Gasteiger partial charge in [0.05, 0.1) is 10.7 Å². The van der Waals surface area contributed by atoms with Crippen molar-refractivity contribution >= 4 is 29.0 Å². The van der Waals surface area contributed by atoms with Gasteiger partial charge in [-0.1, -0.05) is 41.9 Å². The number of carbonyl (C=O) groups is 1. The Morgan fingerprint density at radius 2 is 1.90 bits per heavy atom. The van der Waals surface area contributed by atoms with Crippen molar-refractivity contribution in [1.82, 2.24) is 0 Å². The minimum absolute atomic E-state index is 0.143. The van der Waals surface area contributed by atoms with Crippen molar-refractivity contribution in [2.75, 3.05) is 10.2 Å². The van der Waals surface area contributed by atoms with Gasteiger partial charge < -0.3 is 5.32 Å². The van der Waals surface area contributed by atoms with Crippen LogP contribution in [-0.2, 0) is 6.42 Å². The first-order chi connectivity index (χ1) is 9.66. The van der Waals surface area contributed by atoms with Crippen LogP contribution in [0.3, 0.4) is 0 Å². The summed E-state index contributed by atoms with van der Waals surface area (Å²) in [6.07, 6.45) is 0.881. The van der Waals surface area contributed by atoms with Crippen LogP contribution in [0.4, 0.5) is 16.2 Å². The third-order valence-electron chi connectivity index (χ3n) is 3.54. The number of nitrogens with zero attached hydrogens (tertiary/aromatic N) is 1. The number of fused-ring (bicyclic) bond motifs is 1.